The Bertz CT molecular complexity index is 1600. The summed E-state index contributed by atoms with van der Waals surface area (Å²) in [4.78, 5) is 21.3. The number of rotatable bonds is 7. The SMILES string of the molecule is Cc1ccccc1C1C(/C=N/Nc2ccc([N+](=O)[O-])cc2[N+](=O)[O-])=C(c2ccccc2)Oc2ccccc21. The van der Waals surface area contributed by atoms with Crippen molar-refractivity contribution in [2.75, 3.05) is 5.43 Å². The topological polar surface area (TPSA) is 120 Å². The maximum atomic E-state index is 11.6. The molecule has 1 unspecified atom stereocenters. The first kappa shape index (κ1) is 24.4. The number of anilines is 1. The molecular formula is C29H22N4O5. The largest absolute Gasteiger partial charge is 0.456 e. The van der Waals surface area contributed by atoms with E-state index in [9.17, 15) is 20.2 Å². The molecule has 0 aromatic heterocycles. The minimum atomic E-state index is -0.685. The van der Waals surface area contributed by atoms with Crippen LogP contribution in [0.25, 0.3) is 5.76 Å². The van der Waals surface area contributed by atoms with Gasteiger partial charge in [0.1, 0.15) is 17.2 Å². The van der Waals surface area contributed by atoms with Crippen molar-refractivity contribution in [2.24, 2.45) is 5.10 Å². The standard InChI is InChI=1S/C29H22N4O5/c1-19-9-5-6-12-22(19)28-23-13-7-8-14-27(23)38-29(20-10-3-2-4-11-20)24(28)18-30-31-25-16-15-21(32(34)35)17-26(25)33(36)37/h2-18,28,31H,1H3/b30-18+. The summed E-state index contributed by atoms with van der Waals surface area (Å²) in [6.07, 6.45) is 1.60. The molecule has 1 atom stereocenters. The number of nitrogens with one attached hydrogen (secondary N) is 1. The molecule has 1 aliphatic heterocycles. The first-order chi connectivity index (χ1) is 18.4. The predicted molar refractivity (Wildman–Crippen MR) is 145 cm³/mol. The zero-order valence-corrected chi connectivity index (χ0v) is 20.3. The Morgan fingerprint density at radius 3 is 2.24 bits per heavy atom. The van der Waals surface area contributed by atoms with E-state index in [2.05, 4.69) is 16.6 Å². The lowest BCUT2D eigenvalue weighted by atomic mass is 9.80. The van der Waals surface area contributed by atoms with Gasteiger partial charge in [-0.2, -0.15) is 5.10 Å². The van der Waals surface area contributed by atoms with Crippen molar-refractivity contribution < 1.29 is 14.6 Å². The van der Waals surface area contributed by atoms with E-state index in [0.717, 1.165) is 39.6 Å². The van der Waals surface area contributed by atoms with Gasteiger partial charge in [-0.25, -0.2) is 0 Å². The number of hydrogen-bond acceptors (Lipinski definition) is 7. The van der Waals surface area contributed by atoms with E-state index in [1.165, 1.54) is 12.1 Å². The molecule has 0 bridgehead atoms. The quantitative estimate of drug-likeness (QED) is 0.166. The number of fused-ring (bicyclic) bond motifs is 1. The number of aryl methyl sites for hydroxylation is 1. The average molecular weight is 507 g/mol. The van der Waals surface area contributed by atoms with Crippen molar-refractivity contribution in [1.82, 2.24) is 0 Å². The van der Waals surface area contributed by atoms with Crippen LogP contribution >= 0.6 is 0 Å². The Labute approximate surface area is 218 Å². The number of non-ortho nitro benzene ring substituents is 1. The summed E-state index contributed by atoms with van der Waals surface area (Å²) >= 11 is 0. The summed E-state index contributed by atoms with van der Waals surface area (Å²) in [7, 11) is 0. The molecule has 9 nitrogen and oxygen atoms in total. The minimum Gasteiger partial charge on any atom is -0.456 e. The summed E-state index contributed by atoms with van der Waals surface area (Å²) in [5.74, 6) is 1.12. The molecule has 0 amide bonds. The highest BCUT2D eigenvalue weighted by atomic mass is 16.6. The summed E-state index contributed by atoms with van der Waals surface area (Å²) in [6.45, 7) is 2.04. The van der Waals surface area contributed by atoms with Crippen molar-refractivity contribution in [2.45, 2.75) is 12.8 Å². The van der Waals surface area contributed by atoms with Crippen LogP contribution in [-0.4, -0.2) is 16.1 Å². The minimum absolute atomic E-state index is 0.0308. The molecule has 38 heavy (non-hydrogen) atoms. The molecule has 0 saturated carbocycles. The maximum absolute atomic E-state index is 11.6. The van der Waals surface area contributed by atoms with Crippen LogP contribution in [0, 0.1) is 27.2 Å². The van der Waals surface area contributed by atoms with Gasteiger partial charge in [0.25, 0.3) is 5.69 Å². The highest BCUT2D eigenvalue weighted by Gasteiger charge is 2.31. The Morgan fingerprint density at radius 2 is 1.53 bits per heavy atom. The summed E-state index contributed by atoms with van der Waals surface area (Å²) in [5, 5.41) is 27.0. The Morgan fingerprint density at radius 1 is 0.842 bits per heavy atom. The van der Waals surface area contributed by atoms with Gasteiger partial charge in [-0.1, -0.05) is 72.8 Å². The van der Waals surface area contributed by atoms with Gasteiger partial charge in [0.05, 0.1) is 22.1 Å². The fourth-order valence-corrected chi connectivity index (χ4v) is 4.52. The highest BCUT2D eigenvalue weighted by molar-refractivity contribution is 5.94. The first-order valence-electron chi connectivity index (χ1n) is 11.8. The third-order valence-electron chi connectivity index (χ3n) is 6.33. The number of benzene rings is 4. The van der Waals surface area contributed by atoms with Gasteiger partial charge >= 0.3 is 5.69 Å². The van der Waals surface area contributed by atoms with Crippen LogP contribution in [0.2, 0.25) is 0 Å². The second-order valence-corrected chi connectivity index (χ2v) is 8.67. The van der Waals surface area contributed by atoms with E-state index in [-0.39, 0.29) is 17.3 Å². The van der Waals surface area contributed by atoms with Gasteiger partial charge in [0.2, 0.25) is 0 Å². The molecular weight excluding hydrogens is 484 g/mol. The molecule has 1 N–H and O–H groups in total. The molecule has 0 fully saturated rings. The lowest BCUT2D eigenvalue weighted by molar-refractivity contribution is -0.393. The van der Waals surface area contributed by atoms with E-state index in [4.69, 9.17) is 4.74 Å². The van der Waals surface area contributed by atoms with Crippen molar-refractivity contribution in [3.63, 3.8) is 0 Å². The molecule has 0 radical (unpaired) electrons. The highest BCUT2D eigenvalue weighted by Crippen LogP contribution is 2.45. The van der Waals surface area contributed by atoms with Gasteiger partial charge in [0.15, 0.2) is 0 Å². The molecule has 1 heterocycles. The van der Waals surface area contributed by atoms with E-state index >= 15 is 0 Å². The number of nitrogens with zero attached hydrogens (tertiary/aromatic N) is 3. The number of para-hydroxylation sites is 1. The van der Waals surface area contributed by atoms with E-state index in [1.54, 1.807) is 6.21 Å². The van der Waals surface area contributed by atoms with Crippen LogP contribution in [0.4, 0.5) is 17.1 Å². The molecule has 1 aliphatic rings. The monoisotopic (exact) mass is 506 g/mol. The Balaban J connectivity index is 1.64. The summed E-state index contributed by atoms with van der Waals surface area (Å²) < 4.78 is 6.41. The second-order valence-electron chi connectivity index (χ2n) is 8.67. The third-order valence-corrected chi connectivity index (χ3v) is 6.33. The van der Waals surface area contributed by atoms with Crippen LogP contribution in [0.1, 0.15) is 28.2 Å². The number of ether oxygens (including phenoxy) is 1. The molecule has 5 rings (SSSR count). The number of allylic oxidation sites excluding steroid dienone is 1. The van der Waals surface area contributed by atoms with Gasteiger partial charge in [-0.15, -0.1) is 0 Å². The van der Waals surface area contributed by atoms with Crippen molar-refractivity contribution in [1.29, 1.82) is 0 Å². The number of nitro groups is 2. The normalized spacial score (nSPS) is 14.6. The molecule has 0 spiro atoms. The smallest absolute Gasteiger partial charge is 0.301 e. The zero-order chi connectivity index (χ0) is 26.6. The molecule has 4 aromatic rings. The van der Waals surface area contributed by atoms with Gasteiger partial charge in [-0.05, 0) is 30.2 Å². The predicted octanol–water partition coefficient (Wildman–Crippen LogP) is 6.84. The fraction of sp³-hybridized carbons (Fsp3) is 0.0690. The second kappa shape index (κ2) is 10.4. The molecule has 188 valence electrons. The van der Waals surface area contributed by atoms with Crippen LogP contribution in [0.3, 0.4) is 0 Å². The van der Waals surface area contributed by atoms with Crippen LogP contribution in [0.5, 0.6) is 5.75 Å². The first-order valence-corrected chi connectivity index (χ1v) is 11.8. The number of hydrogen-bond donors (Lipinski definition) is 1. The van der Waals surface area contributed by atoms with E-state index in [1.807, 2.05) is 79.7 Å². The number of nitro benzene ring substituents is 2. The van der Waals surface area contributed by atoms with Crippen LogP contribution < -0.4 is 10.2 Å². The molecule has 4 aromatic carbocycles. The average Bonchev–Trinajstić information content (AvgIpc) is 2.93. The van der Waals surface area contributed by atoms with Crippen LogP contribution in [-0.2, 0) is 0 Å². The lowest BCUT2D eigenvalue weighted by Crippen LogP contribution is -2.18. The fourth-order valence-electron chi connectivity index (χ4n) is 4.52. The Hall–Kier alpha value is -5.31. The lowest BCUT2D eigenvalue weighted by Gasteiger charge is -2.30. The summed E-state index contributed by atoms with van der Waals surface area (Å²) in [6, 6.07) is 28.9. The third kappa shape index (κ3) is 4.72. The molecule has 0 aliphatic carbocycles. The van der Waals surface area contributed by atoms with E-state index < -0.39 is 15.5 Å². The molecule has 0 saturated heterocycles. The maximum Gasteiger partial charge on any atom is 0.301 e. The molecule has 9 heteroatoms. The Kier molecular flexibility index (Phi) is 6.65. The van der Waals surface area contributed by atoms with E-state index in [0.29, 0.717) is 5.76 Å². The van der Waals surface area contributed by atoms with Gasteiger partial charge in [-0.3, -0.25) is 25.7 Å². The van der Waals surface area contributed by atoms with Crippen molar-refractivity contribution in [3.8, 4) is 5.75 Å². The van der Waals surface area contributed by atoms with Crippen molar-refractivity contribution in [3.05, 3.63) is 145 Å². The van der Waals surface area contributed by atoms with Gasteiger partial charge in [0, 0.05) is 28.7 Å². The van der Waals surface area contributed by atoms with Crippen LogP contribution in [0.15, 0.2) is 108 Å². The number of hydrazone groups is 1. The summed E-state index contributed by atoms with van der Waals surface area (Å²) in [5.41, 5.74) is 6.63. The zero-order valence-electron chi connectivity index (χ0n) is 20.3. The van der Waals surface area contributed by atoms with Gasteiger partial charge < -0.3 is 4.74 Å². The van der Waals surface area contributed by atoms with Crippen molar-refractivity contribution >= 4 is 29.0 Å².